The molecule has 0 saturated heterocycles. The second-order valence-corrected chi connectivity index (χ2v) is 8.69. The maximum absolute atomic E-state index is 12.8. The molecule has 0 atom stereocenters. The van der Waals surface area contributed by atoms with Gasteiger partial charge in [-0.15, -0.1) is 0 Å². The predicted molar refractivity (Wildman–Crippen MR) is 136 cm³/mol. The topological polar surface area (TPSA) is 51.5 Å². The number of rotatable bonds is 5. The number of hydrogen-bond donors (Lipinski definition) is 1. The summed E-state index contributed by atoms with van der Waals surface area (Å²) in [6.07, 6.45) is 3.35. The number of ether oxygens (including phenoxy) is 1. The predicted octanol–water partition coefficient (Wildman–Crippen LogP) is 7.73. The van der Waals surface area contributed by atoms with Gasteiger partial charge in [-0.3, -0.25) is 4.79 Å². The van der Waals surface area contributed by atoms with Crippen LogP contribution in [-0.4, -0.2) is 13.0 Å². The summed E-state index contributed by atoms with van der Waals surface area (Å²) in [5.41, 5.74) is 8.22. The van der Waals surface area contributed by atoms with E-state index < -0.39 is 0 Å². The first-order valence-corrected chi connectivity index (χ1v) is 11.1. The molecule has 0 radical (unpaired) electrons. The van der Waals surface area contributed by atoms with E-state index in [2.05, 4.69) is 5.32 Å². The van der Waals surface area contributed by atoms with Crippen molar-refractivity contribution in [3.63, 3.8) is 0 Å². The second kappa shape index (κ2) is 9.16. The molecule has 1 aromatic heterocycles. The number of anilines is 1. The van der Waals surface area contributed by atoms with E-state index in [1.54, 1.807) is 19.4 Å². The minimum absolute atomic E-state index is 0.190. The summed E-state index contributed by atoms with van der Waals surface area (Å²) in [6, 6.07) is 15.6. The van der Waals surface area contributed by atoms with Crippen LogP contribution in [0.25, 0.3) is 27.7 Å². The number of aryl methyl sites for hydroxylation is 3. The standard InChI is InChI=1S/C28H26ClNO3/c1-16-6-11-25(18(3)12-16)30-26(31)13-17(2)22-14-23-24(20-7-9-21(29)10-8-20)15-33-28(23)19(4)27(22)32-5/h6-15H,1-5H3,(H,30,31)/b17-13+. The summed E-state index contributed by atoms with van der Waals surface area (Å²) in [4.78, 5) is 12.8. The summed E-state index contributed by atoms with van der Waals surface area (Å²) in [7, 11) is 1.63. The van der Waals surface area contributed by atoms with Crippen LogP contribution >= 0.6 is 11.6 Å². The Morgan fingerprint density at radius 1 is 1.06 bits per heavy atom. The molecule has 4 rings (SSSR count). The van der Waals surface area contributed by atoms with E-state index in [0.717, 1.165) is 55.6 Å². The fourth-order valence-corrected chi connectivity index (χ4v) is 4.25. The van der Waals surface area contributed by atoms with Crippen molar-refractivity contribution in [1.82, 2.24) is 0 Å². The summed E-state index contributed by atoms with van der Waals surface area (Å²) in [5.74, 6) is 0.497. The number of amides is 1. The number of carbonyl (C=O) groups excluding carboxylic acids is 1. The first-order valence-electron chi connectivity index (χ1n) is 10.7. The first kappa shape index (κ1) is 22.7. The van der Waals surface area contributed by atoms with Crippen LogP contribution in [0.5, 0.6) is 5.75 Å². The molecule has 4 nitrogen and oxygen atoms in total. The normalized spacial score (nSPS) is 11.6. The van der Waals surface area contributed by atoms with Crippen LogP contribution in [0.4, 0.5) is 5.69 Å². The number of methoxy groups -OCH3 is 1. The molecule has 5 heteroatoms. The van der Waals surface area contributed by atoms with Crippen molar-refractivity contribution in [2.45, 2.75) is 27.7 Å². The number of fused-ring (bicyclic) bond motifs is 1. The SMILES string of the molecule is COc1c(/C(C)=C/C(=O)Nc2ccc(C)cc2C)cc2c(-c3ccc(Cl)cc3)coc2c1C. The Labute approximate surface area is 198 Å². The van der Waals surface area contributed by atoms with Gasteiger partial charge in [0.05, 0.1) is 13.4 Å². The van der Waals surface area contributed by atoms with Crippen molar-refractivity contribution >= 4 is 39.7 Å². The molecule has 0 aliphatic rings. The van der Waals surface area contributed by atoms with Crippen LogP contribution in [0.1, 0.15) is 29.2 Å². The molecular formula is C28H26ClNO3. The highest BCUT2D eigenvalue weighted by molar-refractivity contribution is 6.30. The van der Waals surface area contributed by atoms with Crippen LogP contribution in [0.3, 0.4) is 0 Å². The van der Waals surface area contributed by atoms with Crippen molar-refractivity contribution < 1.29 is 13.9 Å². The van der Waals surface area contributed by atoms with E-state index in [-0.39, 0.29) is 5.91 Å². The zero-order valence-corrected chi connectivity index (χ0v) is 20.1. The largest absolute Gasteiger partial charge is 0.496 e. The lowest BCUT2D eigenvalue weighted by Gasteiger charge is -2.14. The van der Waals surface area contributed by atoms with Crippen molar-refractivity contribution in [3.8, 4) is 16.9 Å². The van der Waals surface area contributed by atoms with Gasteiger partial charge >= 0.3 is 0 Å². The molecule has 1 amide bonds. The third kappa shape index (κ3) is 4.53. The van der Waals surface area contributed by atoms with Gasteiger partial charge in [0.25, 0.3) is 0 Å². The van der Waals surface area contributed by atoms with Crippen LogP contribution in [0, 0.1) is 20.8 Å². The molecule has 0 bridgehead atoms. The van der Waals surface area contributed by atoms with Gasteiger partial charge in [0.2, 0.25) is 5.91 Å². The smallest absolute Gasteiger partial charge is 0.248 e. The molecule has 3 aromatic carbocycles. The van der Waals surface area contributed by atoms with Crippen LogP contribution in [-0.2, 0) is 4.79 Å². The highest BCUT2D eigenvalue weighted by atomic mass is 35.5. The molecule has 0 spiro atoms. The maximum Gasteiger partial charge on any atom is 0.248 e. The van der Waals surface area contributed by atoms with Gasteiger partial charge < -0.3 is 14.5 Å². The Bertz CT molecular complexity index is 1380. The second-order valence-electron chi connectivity index (χ2n) is 8.25. The molecule has 1 heterocycles. The maximum atomic E-state index is 12.8. The minimum atomic E-state index is -0.190. The van der Waals surface area contributed by atoms with Crippen LogP contribution in [0.15, 0.2) is 65.3 Å². The lowest BCUT2D eigenvalue weighted by molar-refractivity contribution is -0.111. The van der Waals surface area contributed by atoms with Gasteiger partial charge in [-0.05, 0) is 68.7 Å². The molecule has 1 N–H and O–H groups in total. The van der Waals surface area contributed by atoms with Gasteiger partial charge in [-0.2, -0.15) is 0 Å². The van der Waals surface area contributed by atoms with E-state index in [1.807, 2.05) is 76.2 Å². The molecule has 0 fully saturated rings. The van der Waals surface area contributed by atoms with Crippen molar-refractivity contribution in [1.29, 1.82) is 0 Å². The third-order valence-electron chi connectivity index (χ3n) is 5.82. The Kier molecular flexibility index (Phi) is 6.30. The van der Waals surface area contributed by atoms with Crippen molar-refractivity contribution in [2.75, 3.05) is 12.4 Å². The van der Waals surface area contributed by atoms with E-state index in [1.165, 1.54) is 0 Å². The highest BCUT2D eigenvalue weighted by Gasteiger charge is 2.19. The molecular weight excluding hydrogens is 434 g/mol. The van der Waals surface area contributed by atoms with Gasteiger partial charge in [0.15, 0.2) is 0 Å². The van der Waals surface area contributed by atoms with Crippen molar-refractivity contribution in [2.24, 2.45) is 0 Å². The van der Waals surface area contributed by atoms with Crippen molar-refractivity contribution in [3.05, 3.63) is 88.1 Å². The highest BCUT2D eigenvalue weighted by Crippen LogP contribution is 2.40. The Morgan fingerprint density at radius 3 is 2.45 bits per heavy atom. The number of nitrogens with one attached hydrogen (secondary N) is 1. The number of furan rings is 1. The Morgan fingerprint density at radius 2 is 1.79 bits per heavy atom. The van der Waals surface area contributed by atoms with Gasteiger partial charge in [-0.1, -0.05) is 41.4 Å². The number of allylic oxidation sites excluding steroid dienone is 1. The minimum Gasteiger partial charge on any atom is -0.496 e. The number of hydrogen-bond acceptors (Lipinski definition) is 3. The molecule has 4 aromatic rings. The van der Waals surface area contributed by atoms with Gasteiger partial charge in [0, 0.05) is 38.9 Å². The number of halogens is 1. The molecule has 0 aliphatic heterocycles. The first-order chi connectivity index (χ1) is 15.8. The fraction of sp³-hybridized carbons (Fsp3) is 0.179. The van der Waals surface area contributed by atoms with Gasteiger partial charge in [0.1, 0.15) is 11.3 Å². The fourth-order valence-electron chi connectivity index (χ4n) is 4.12. The summed E-state index contributed by atoms with van der Waals surface area (Å²) in [5, 5.41) is 4.61. The molecule has 0 aliphatic carbocycles. The zero-order valence-electron chi connectivity index (χ0n) is 19.4. The van der Waals surface area contributed by atoms with E-state index >= 15 is 0 Å². The van der Waals surface area contributed by atoms with E-state index in [9.17, 15) is 4.79 Å². The van der Waals surface area contributed by atoms with E-state index in [0.29, 0.717) is 10.8 Å². The Hall–Kier alpha value is -3.50. The summed E-state index contributed by atoms with van der Waals surface area (Å²) < 4.78 is 11.6. The average molecular weight is 460 g/mol. The summed E-state index contributed by atoms with van der Waals surface area (Å²) >= 11 is 6.06. The molecule has 0 saturated carbocycles. The number of benzene rings is 3. The molecule has 168 valence electrons. The number of carbonyl (C=O) groups is 1. The zero-order chi connectivity index (χ0) is 23.7. The van der Waals surface area contributed by atoms with Gasteiger partial charge in [-0.25, -0.2) is 0 Å². The lowest BCUT2D eigenvalue weighted by atomic mass is 9.96. The lowest BCUT2D eigenvalue weighted by Crippen LogP contribution is -2.10. The van der Waals surface area contributed by atoms with E-state index in [4.69, 9.17) is 20.8 Å². The molecule has 33 heavy (non-hydrogen) atoms. The quantitative estimate of drug-likeness (QED) is 0.310. The average Bonchev–Trinajstić information content (AvgIpc) is 3.20. The van der Waals surface area contributed by atoms with Crippen LogP contribution < -0.4 is 10.1 Å². The van der Waals surface area contributed by atoms with Crippen LogP contribution in [0.2, 0.25) is 5.02 Å². The summed E-state index contributed by atoms with van der Waals surface area (Å²) in [6.45, 7) is 7.88. The third-order valence-corrected chi connectivity index (χ3v) is 6.07. The Balaban J connectivity index is 1.75. The monoisotopic (exact) mass is 459 g/mol. The molecule has 0 unspecified atom stereocenters.